The summed E-state index contributed by atoms with van der Waals surface area (Å²) in [5, 5.41) is 3.16. The molecule has 2 aliphatic heterocycles. The third-order valence-corrected chi connectivity index (χ3v) is 2.54. The molecule has 15 heavy (non-hydrogen) atoms. The van der Waals surface area contributed by atoms with Crippen molar-refractivity contribution >= 4 is 18.3 Å². The second-order valence-electron chi connectivity index (χ2n) is 3.52. The van der Waals surface area contributed by atoms with Gasteiger partial charge in [-0.2, -0.15) is 0 Å². The van der Waals surface area contributed by atoms with Gasteiger partial charge in [0.05, 0.1) is 26.4 Å². The van der Waals surface area contributed by atoms with E-state index >= 15 is 0 Å². The van der Waals surface area contributed by atoms with Gasteiger partial charge in [0.25, 0.3) is 0 Å². The molecule has 0 aliphatic carbocycles. The van der Waals surface area contributed by atoms with Crippen molar-refractivity contribution in [3.8, 4) is 0 Å². The van der Waals surface area contributed by atoms with Crippen molar-refractivity contribution in [2.45, 2.75) is 6.04 Å². The predicted molar refractivity (Wildman–Crippen MR) is 57.3 cm³/mol. The fourth-order valence-electron chi connectivity index (χ4n) is 1.73. The Balaban J connectivity index is 0.00000112. The Morgan fingerprint density at radius 3 is 2.53 bits per heavy atom. The first-order valence-electron chi connectivity index (χ1n) is 5.05. The SMILES string of the molecule is Cl.O=C(C1COCCN1)N1CCOCC1. The maximum Gasteiger partial charge on any atom is 0.242 e. The summed E-state index contributed by atoms with van der Waals surface area (Å²) >= 11 is 0. The number of hydrogen-bond donors (Lipinski definition) is 1. The topological polar surface area (TPSA) is 50.8 Å². The molecule has 2 saturated heterocycles. The highest BCUT2D eigenvalue weighted by molar-refractivity contribution is 5.85. The molecular weight excluding hydrogens is 220 g/mol. The molecule has 2 aliphatic rings. The monoisotopic (exact) mass is 236 g/mol. The molecule has 0 aromatic carbocycles. The van der Waals surface area contributed by atoms with Crippen LogP contribution in [0.15, 0.2) is 0 Å². The van der Waals surface area contributed by atoms with Crippen LogP contribution in [0, 0.1) is 0 Å². The lowest BCUT2D eigenvalue weighted by molar-refractivity contribution is -0.140. The molecule has 0 saturated carbocycles. The number of nitrogens with one attached hydrogen (secondary N) is 1. The van der Waals surface area contributed by atoms with Crippen molar-refractivity contribution in [1.82, 2.24) is 10.2 Å². The molecule has 1 atom stereocenters. The fourth-order valence-corrected chi connectivity index (χ4v) is 1.73. The van der Waals surface area contributed by atoms with Crippen LogP contribution < -0.4 is 5.32 Å². The minimum Gasteiger partial charge on any atom is -0.378 e. The second-order valence-corrected chi connectivity index (χ2v) is 3.52. The minimum absolute atomic E-state index is 0. The van der Waals surface area contributed by atoms with E-state index in [1.807, 2.05) is 4.90 Å². The number of amides is 1. The van der Waals surface area contributed by atoms with Crippen LogP contribution in [0.4, 0.5) is 0 Å². The van der Waals surface area contributed by atoms with Gasteiger partial charge < -0.3 is 19.7 Å². The molecule has 0 spiro atoms. The molecule has 0 bridgehead atoms. The average Bonchev–Trinajstić information content (AvgIpc) is 2.30. The molecular formula is C9H17ClN2O3. The molecule has 0 aromatic heterocycles. The molecule has 2 fully saturated rings. The number of rotatable bonds is 1. The van der Waals surface area contributed by atoms with Crippen molar-refractivity contribution in [2.75, 3.05) is 46.1 Å². The van der Waals surface area contributed by atoms with Crippen LogP contribution in [0.25, 0.3) is 0 Å². The number of carbonyl (C=O) groups excluding carboxylic acids is 1. The molecule has 1 unspecified atom stereocenters. The van der Waals surface area contributed by atoms with Gasteiger partial charge in [0, 0.05) is 19.6 Å². The van der Waals surface area contributed by atoms with Crippen LogP contribution in [0.1, 0.15) is 0 Å². The van der Waals surface area contributed by atoms with E-state index in [9.17, 15) is 4.79 Å². The summed E-state index contributed by atoms with van der Waals surface area (Å²) in [5.74, 6) is 0.146. The Labute approximate surface area is 95.5 Å². The maximum absolute atomic E-state index is 11.9. The van der Waals surface area contributed by atoms with Crippen molar-refractivity contribution < 1.29 is 14.3 Å². The highest BCUT2D eigenvalue weighted by atomic mass is 35.5. The third kappa shape index (κ3) is 3.31. The average molecular weight is 237 g/mol. The van der Waals surface area contributed by atoms with Gasteiger partial charge >= 0.3 is 0 Å². The van der Waals surface area contributed by atoms with Crippen LogP contribution in [0.2, 0.25) is 0 Å². The van der Waals surface area contributed by atoms with Gasteiger partial charge in [0.15, 0.2) is 0 Å². The summed E-state index contributed by atoms with van der Waals surface area (Å²) in [7, 11) is 0. The Morgan fingerprint density at radius 2 is 1.93 bits per heavy atom. The number of halogens is 1. The normalized spacial score (nSPS) is 26.9. The number of nitrogens with zero attached hydrogens (tertiary/aromatic N) is 1. The highest BCUT2D eigenvalue weighted by Crippen LogP contribution is 2.03. The Morgan fingerprint density at radius 1 is 1.20 bits per heavy atom. The van der Waals surface area contributed by atoms with Crippen LogP contribution in [0.3, 0.4) is 0 Å². The Kier molecular flexibility index (Phi) is 5.31. The second kappa shape index (κ2) is 6.27. The van der Waals surface area contributed by atoms with E-state index in [2.05, 4.69) is 5.32 Å². The summed E-state index contributed by atoms with van der Waals surface area (Å²) in [6.07, 6.45) is 0. The standard InChI is InChI=1S/C9H16N2O3.ClH/c12-9(8-7-14-4-1-10-8)11-2-5-13-6-3-11;/h8,10H,1-7H2;1H. The molecule has 0 aromatic rings. The summed E-state index contributed by atoms with van der Waals surface area (Å²) in [4.78, 5) is 13.7. The summed E-state index contributed by atoms with van der Waals surface area (Å²) < 4.78 is 10.4. The van der Waals surface area contributed by atoms with Gasteiger partial charge in [0.1, 0.15) is 6.04 Å². The van der Waals surface area contributed by atoms with Crippen LogP contribution in [0.5, 0.6) is 0 Å². The zero-order valence-corrected chi connectivity index (χ0v) is 9.42. The van der Waals surface area contributed by atoms with Gasteiger partial charge in [-0.05, 0) is 0 Å². The lowest BCUT2D eigenvalue weighted by atomic mass is 10.2. The molecule has 1 N–H and O–H groups in total. The van der Waals surface area contributed by atoms with Gasteiger partial charge in [-0.15, -0.1) is 12.4 Å². The number of ether oxygens (including phenoxy) is 2. The minimum atomic E-state index is -0.151. The Hall–Kier alpha value is -0.360. The van der Waals surface area contributed by atoms with E-state index in [4.69, 9.17) is 9.47 Å². The number of carbonyl (C=O) groups is 1. The van der Waals surface area contributed by atoms with Crippen molar-refractivity contribution in [1.29, 1.82) is 0 Å². The summed E-state index contributed by atoms with van der Waals surface area (Å²) in [5.41, 5.74) is 0. The van der Waals surface area contributed by atoms with E-state index in [1.165, 1.54) is 0 Å². The van der Waals surface area contributed by atoms with Crippen LogP contribution in [-0.4, -0.2) is 62.9 Å². The first-order valence-corrected chi connectivity index (χ1v) is 5.05. The molecule has 2 heterocycles. The maximum atomic E-state index is 11.9. The molecule has 6 heteroatoms. The Bertz CT molecular complexity index is 184. The third-order valence-electron chi connectivity index (χ3n) is 2.54. The molecule has 5 nitrogen and oxygen atoms in total. The van der Waals surface area contributed by atoms with Crippen molar-refractivity contribution in [3.63, 3.8) is 0 Å². The van der Waals surface area contributed by atoms with Gasteiger partial charge in [0.2, 0.25) is 5.91 Å². The lowest BCUT2D eigenvalue weighted by Crippen LogP contribution is -2.54. The van der Waals surface area contributed by atoms with E-state index in [-0.39, 0.29) is 24.4 Å². The number of hydrogen-bond acceptors (Lipinski definition) is 4. The lowest BCUT2D eigenvalue weighted by Gasteiger charge is -2.32. The van der Waals surface area contributed by atoms with Gasteiger partial charge in [-0.25, -0.2) is 0 Å². The fraction of sp³-hybridized carbons (Fsp3) is 0.889. The summed E-state index contributed by atoms with van der Waals surface area (Å²) in [6, 6.07) is -0.151. The van der Waals surface area contributed by atoms with E-state index in [0.29, 0.717) is 39.5 Å². The zero-order valence-electron chi connectivity index (χ0n) is 8.61. The summed E-state index contributed by atoms with van der Waals surface area (Å²) in [6.45, 7) is 4.68. The van der Waals surface area contributed by atoms with Crippen LogP contribution in [-0.2, 0) is 14.3 Å². The smallest absolute Gasteiger partial charge is 0.242 e. The quantitative estimate of drug-likeness (QED) is 0.651. The first kappa shape index (κ1) is 12.7. The molecule has 88 valence electrons. The van der Waals surface area contributed by atoms with Crippen molar-refractivity contribution in [3.05, 3.63) is 0 Å². The molecule has 2 rings (SSSR count). The van der Waals surface area contributed by atoms with Crippen LogP contribution >= 0.6 is 12.4 Å². The highest BCUT2D eigenvalue weighted by Gasteiger charge is 2.26. The largest absolute Gasteiger partial charge is 0.378 e. The van der Waals surface area contributed by atoms with E-state index in [1.54, 1.807) is 0 Å². The zero-order chi connectivity index (χ0) is 9.80. The van der Waals surface area contributed by atoms with Crippen molar-refractivity contribution in [2.24, 2.45) is 0 Å². The van der Waals surface area contributed by atoms with E-state index < -0.39 is 0 Å². The number of morpholine rings is 2. The van der Waals surface area contributed by atoms with Gasteiger partial charge in [-0.3, -0.25) is 4.79 Å². The predicted octanol–water partition coefficient (Wildman–Crippen LogP) is -0.745. The molecule has 0 radical (unpaired) electrons. The first-order chi connectivity index (χ1) is 6.88. The van der Waals surface area contributed by atoms with Gasteiger partial charge in [-0.1, -0.05) is 0 Å². The molecule has 1 amide bonds. The van der Waals surface area contributed by atoms with E-state index in [0.717, 1.165) is 6.54 Å².